The van der Waals surface area contributed by atoms with E-state index in [1.165, 1.54) is 25.3 Å². The second-order valence-electron chi connectivity index (χ2n) is 4.24. The average Bonchev–Trinajstić information content (AvgIpc) is 2.49. The number of hydrogen-bond donors (Lipinski definition) is 2. The SMILES string of the molecule is COc1ccc(F)c(NC(=O)c2ccc(C(N)=S)cc2)c1. The summed E-state index contributed by atoms with van der Waals surface area (Å²) in [5, 5.41) is 2.49. The fraction of sp³-hybridized carbons (Fsp3) is 0.0667. The number of benzene rings is 2. The minimum atomic E-state index is -0.538. The minimum Gasteiger partial charge on any atom is -0.497 e. The van der Waals surface area contributed by atoms with E-state index in [9.17, 15) is 9.18 Å². The third-order valence-electron chi connectivity index (χ3n) is 2.85. The summed E-state index contributed by atoms with van der Waals surface area (Å²) in [5.41, 5.74) is 6.57. The minimum absolute atomic E-state index is 0.0535. The zero-order chi connectivity index (χ0) is 15.4. The number of nitrogens with two attached hydrogens (primary N) is 1. The van der Waals surface area contributed by atoms with Gasteiger partial charge in [-0.15, -0.1) is 0 Å². The van der Waals surface area contributed by atoms with Crippen LogP contribution in [-0.4, -0.2) is 18.0 Å². The molecule has 0 unspecified atom stereocenters. The van der Waals surface area contributed by atoms with Crippen molar-refractivity contribution in [2.45, 2.75) is 0 Å². The summed E-state index contributed by atoms with van der Waals surface area (Å²) >= 11 is 4.83. The Morgan fingerprint density at radius 3 is 2.38 bits per heavy atom. The maximum Gasteiger partial charge on any atom is 0.255 e. The van der Waals surface area contributed by atoms with E-state index in [1.807, 2.05) is 0 Å². The highest BCUT2D eigenvalue weighted by atomic mass is 32.1. The molecular weight excluding hydrogens is 291 g/mol. The number of halogens is 1. The summed E-state index contributed by atoms with van der Waals surface area (Å²) in [7, 11) is 1.47. The van der Waals surface area contributed by atoms with Crippen LogP contribution in [0.4, 0.5) is 10.1 Å². The molecule has 3 N–H and O–H groups in total. The summed E-state index contributed by atoms with van der Waals surface area (Å²) in [6.45, 7) is 0. The highest BCUT2D eigenvalue weighted by molar-refractivity contribution is 7.80. The topological polar surface area (TPSA) is 64.3 Å². The van der Waals surface area contributed by atoms with Gasteiger partial charge in [-0.25, -0.2) is 4.39 Å². The van der Waals surface area contributed by atoms with Crippen LogP contribution in [0.1, 0.15) is 15.9 Å². The largest absolute Gasteiger partial charge is 0.497 e. The van der Waals surface area contributed by atoms with Crippen molar-refractivity contribution < 1.29 is 13.9 Å². The maximum atomic E-state index is 13.6. The van der Waals surface area contributed by atoms with Crippen LogP contribution in [0.2, 0.25) is 0 Å². The van der Waals surface area contributed by atoms with Gasteiger partial charge in [0.1, 0.15) is 16.6 Å². The number of thiocarbonyl (C=S) groups is 1. The molecule has 0 bridgehead atoms. The molecule has 0 heterocycles. The van der Waals surface area contributed by atoms with Gasteiger partial charge in [-0.05, 0) is 24.3 Å². The number of ether oxygens (including phenoxy) is 1. The van der Waals surface area contributed by atoms with Gasteiger partial charge >= 0.3 is 0 Å². The van der Waals surface area contributed by atoms with E-state index >= 15 is 0 Å². The van der Waals surface area contributed by atoms with Crippen LogP contribution in [0, 0.1) is 5.82 Å². The lowest BCUT2D eigenvalue weighted by Gasteiger charge is -2.08. The molecule has 21 heavy (non-hydrogen) atoms. The number of rotatable bonds is 4. The lowest BCUT2D eigenvalue weighted by molar-refractivity contribution is 0.102. The van der Waals surface area contributed by atoms with Gasteiger partial charge in [-0.2, -0.15) is 0 Å². The van der Waals surface area contributed by atoms with E-state index in [4.69, 9.17) is 22.7 Å². The molecule has 1 amide bonds. The first-order valence-corrected chi connectivity index (χ1v) is 6.47. The van der Waals surface area contributed by atoms with Gasteiger partial charge < -0.3 is 15.8 Å². The van der Waals surface area contributed by atoms with Crippen LogP contribution in [-0.2, 0) is 0 Å². The third-order valence-corrected chi connectivity index (χ3v) is 3.09. The van der Waals surface area contributed by atoms with Gasteiger partial charge in [0, 0.05) is 17.2 Å². The Balaban J connectivity index is 2.19. The fourth-order valence-electron chi connectivity index (χ4n) is 1.71. The normalized spacial score (nSPS) is 10.0. The number of hydrogen-bond acceptors (Lipinski definition) is 3. The number of amides is 1. The molecule has 0 aliphatic rings. The zero-order valence-corrected chi connectivity index (χ0v) is 12.0. The second-order valence-corrected chi connectivity index (χ2v) is 4.68. The monoisotopic (exact) mass is 304 g/mol. The van der Waals surface area contributed by atoms with E-state index in [0.717, 1.165) is 0 Å². The van der Waals surface area contributed by atoms with Crippen LogP contribution in [0.5, 0.6) is 5.75 Å². The van der Waals surface area contributed by atoms with Gasteiger partial charge in [0.15, 0.2) is 0 Å². The average molecular weight is 304 g/mol. The molecule has 2 aromatic rings. The summed E-state index contributed by atoms with van der Waals surface area (Å²) in [5.74, 6) is -0.518. The van der Waals surface area contributed by atoms with Gasteiger partial charge in [-0.3, -0.25) is 4.79 Å². The first-order valence-electron chi connectivity index (χ1n) is 6.06. The molecule has 0 radical (unpaired) electrons. The van der Waals surface area contributed by atoms with Crippen LogP contribution >= 0.6 is 12.2 Å². The van der Waals surface area contributed by atoms with Crippen LogP contribution in [0.3, 0.4) is 0 Å². The first kappa shape index (κ1) is 14.9. The predicted molar refractivity (Wildman–Crippen MR) is 83.2 cm³/mol. The highest BCUT2D eigenvalue weighted by Crippen LogP contribution is 2.21. The lowest BCUT2D eigenvalue weighted by Crippen LogP contribution is -2.14. The quantitative estimate of drug-likeness (QED) is 0.853. The van der Waals surface area contributed by atoms with E-state index < -0.39 is 11.7 Å². The van der Waals surface area contributed by atoms with Crippen molar-refractivity contribution in [1.29, 1.82) is 0 Å². The Hall–Kier alpha value is -2.47. The van der Waals surface area contributed by atoms with Gasteiger partial charge in [0.25, 0.3) is 5.91 Å². The zero-order valence-electron chi connectivity index (χ0n) is 11.2. The Morgan fingerprint density at radius 2 is 1.81 bits per heavy atom. The van der Waals surface area contributed by atoms with Crippen molar-refractivity contribution in [3.63, 3.8) is 0 Å². The third kappa shape index (κ3) is 3.55. The van der Waals surface area contributed by atoms with E-state index in [0.29, 0.717) is 16.9 Å². The number of carbonyl (C=O) groups is 1. The molecule has 0 aliphatic heterocycles. The van der Waals surface area contributed by atoms with E-state index in [1.54, 1.807) is 24.3 Å². The molecule has 108 valence electrons. The number of anilines is 1. The number of nitrogens with one attached hydrogen (secondary N) is 1. The second kappa shape index (κ2) is 6.32. The molecular formula is C15H13FN2O2S. The first-order chi connectivity index (χ1) is 10.0. The van der Waals surface area contributed by atoms with Crippen LogP contribution in [0.15, 0.2) is 42.5 Å². The maximum absolute atomic E-state index is 13.6. The molecule has 0 aromatic heterocycles. The smallest absolute Gasteiger partial charge is 0.255 e. The van der Waals surface area contributed by atoms with Crippen LogP contribution in [0.25, 0.3) is 0 Å². The molecule has 0 aliphatic carbocycles. The summed E-state index contributed by atoms with van der Waals surface area (Å²) in [4.78, 5) is 12.3. The van der Waals surface area contributed by atoms with Crippen molar-refractivity contribution in [3.8, 4) is 5.75 Å². The lowest BCUT2D eigenvalue weighted by atomic mass is 10.1. The van der Waals surface area contributed by atoms with E-state index in [-0.39, 0.29) is 10.7 Å². The summed E-state index contributed by atoms with van der Waals surface area (Å²) < 4.78 is 18.6. The molecule has 0 saturated carbocycles. The highest BCUT2D eigenvalue weighted by Gasteiger charge is 2.10. The van der Waals surface area contributed by atoms with Crippen molar-refractivity contribution in [1.82, 2.24) is 0 Å². The molecule has 0 spiro atoms. The Kier molecular flexibility index (Phi) is 4.49. The van der Waals surface area contributed by atoms with E-state index in [2.05, 4.69) is 5.32 Å². The molecule has 2 rings (SSSR count). The number of carbonyl (C=O) groups excluding carboxylic acids is 1. The predicted octanol–water partition coefficient (Wildman–Crippen LogP) is 2.72. The molecule has 6 heteroatoms. The van der Waals surface area contributed by atoms with Gasteiger partial charge in [0.2, 0.25) is 0 Å². The van der Waals surface area contributed by atoms with Gasteiger partial charge in [0.05, 0.1) is 12.8 Å². The summed E-state index contributed by atoms with van der Waals surface area (Å²) in [6, 6.07) is 10.5. The molecule has 2 aromatic carbocycles. The van der Waals surface area contributed by atoms with Crippen molar-refractivity contribution in [2.24, 2.45) is 5.73 Å². The summed E-state index contributed by atoms with van der Waals surface area (Å²) in [6.07, 6.45) is 0. The van der Waals surface area contributed by atoms with Crippen molar-refractivity contribution in [3.05, 3.63) is 59.4 Å². The Bertz CT molecular complexity index is 687. The fourth-order valence-corrected chi connectivity index (χ4v) is 1.84. The molecule has 4 nitrogen and oxygen atoms in total. The Morgan fingerprint density at radius 1 is 1.19 bits per heavy atom. The van der Waals surface area contributed by atoms with Crippen LogP contribution < -0.4 is 15.8 Å². The van der Waals surface area contributed by atoms with Crippen molar-refractivity contribution in [2.75, 3.05) is 12.4 Å². The van der Waals surface area contributed by atoms with Crippen molar-refractivity contribution >= 4 is 28.8 Å². The van der Waals surface area contributed by atoms with Gasteiger partial charge in [-0.1, -0.05) is 24.4 Å². The Labute approximate surface area is 126 Å². The molecule has 0 saturated heterocycles. The standard InChI is InChI=1S/C15H13FN2O2S/c1-20-11-6-7-12(16)13(8-11)18-15(19)10-4-2-9(3-5-10)14(17)21/h2-8H,1H3,(H2,17,21)(H,18,19). The molecule has 0 fully saturated rings. The molecule has 0 atom stereocenters. The number of methoxy groups -OCH3 is 1.